The summed E-state index contributed by atoms with van der Waals surface area (Å²) < 4.78 is 5.30. The lowest BCUT2D eigenvalue weighted by atomic mass is 10.1. The van der Waals surface area contributed by atoms with Crippen LogP contribution in [0.15, 0.2) is 4.99 Å². The van der Waals surface area contributed by atoms with Crippen molar-refractivity contribution in [3.8, 4) is 12.3 Å². The molecule has 20 heavy (non-hydrogen) atoms. The molecule has 1 saturated heterocycles. The van der Waals surface area contributed by atoms with Gasteiger partial charge in [0.15, 0.2) is 5.96 Å². The fraction of sp³-hybridized carbons (Fsp3) is 0.786. The molecule has 0 aromatic heterocycles. The number of morpholine rings is 1. The van der Waals surface area contributed by atoms with Gasteiger partial charge in [0.25, 0.3) is 0 Å². The number of hydrogen-bond acceptors (Lipinski definition) is 4. The number of rotatable bonds is 6. The average Bonchev–Trinajstić information content (AvgIpc) is 2.42. The van der Waals surface area contributed by atoms with E-state index in [-0.39, 0.29) is 0 Å². The van der Waals surface area contributed by atoms with Gasteiger partial charge in [-0.25, -0.2) is 0 Å². The van der Waals surface area contributed by atoms with Crippen LogP contribution in [-0.4, -0.2) is 74.0 Å². The molecule has 0 bridgehead atoms. The quantitative estimate of drug-likeness (QED) is 0.340. The molecule has 0 aromatic carbocycles. The van der Waals surface area contributed by atoms with Crippen LogP contribution in [0, 0.1) is 12.3 Å². The molecule has 0 radical (unpaired) electrons. The highest BCUT2D eigenvalue weighted by molar-refractivity contribution is 5.80. The number of guanidine groups is 1. The molecular weight excluding hydrogens is 256 g/mol. The summed E-state index contributed by atoms with van der Waals surface area (Å²) in [6.45, 7) is 9.04. The molecule has 1 fully saturated rings. The van der Waals surface area contributed by atoms with E-state index in [4.69, 9.17) is 11.2 Å². The molecule has 1 heterocycles. The fourth-order valence-electron chi connectivity index (χ4n) is 2.02. The first-order chi connectivity index (χ1) is 9.57. The summed E-state index contributed by atoms with van der Waals surface area (Å²) in [4.78, 5) is 6.57. The number of nitrogens with one attached hydrogen (secondary N) is 2. The highest BCUT2D eigenvalue weighted by Crippen LogP contribution is 2.09. The first-order valence-electron chi connectivity index (χ1n) is 7.05. The third-order valence-electron chi connectivity index (χ3n) is 2.95. The predicted octanol–water partition coefficient (Wildman–Crippen LogP) is -0.742. The Balaban J connectivity index is 2.46. The van der Waals surface area contributed by atoms with Gasteiger partial charge in [-0.15, -0.1) is 6.42 Å². The molecule has 0 saturated carbocycles. The van der Waals surface area contributed by atoms with Crippen molar-refractivity contribution < 1.29 is 9.84 Å². The predicted molar refractivity (Wildman–Crippen MR) is 80.7 cm³/mol. The summed E-state index contributed by atoms with van der Waals surface area (Å²) in [5, 5.41) is 16.5. The fourth-order valence-corrected chi connectivity index (χ4v) is 2.02. The van der Waals surface area contributed by atoms with Crippen molar-refractivity contribution in [3.63, 3.8) is 0 Å². The summed E-state index contributed by atoms with van der Waals surface area (Å²) in [6, 6.07) is 0. The molecule has 1 aliphatic rings. The van der Waals surface area contributed by atoms with Crippen LogP contribution in [0.4, 0.5) is 0 Å². The zero-order valence-corrected chi connectivity index (χ0v) is 12.5. The van der Waals surface area contributed by atoms with Gasteiger partial charge in [0.2, 0.25) is 0 Å². The summed E-state index contributed by atoms with van der Waals surface area (Å²) >= 11 is 0. The molecule has 1 aliphatic heterocycles. The molecule has 114 valence electrons. The second kappa shape index (κ2) is 8.80. The Kier molecular flexibility index (Phi) is 7.37. The van der Waals surface area contributed by atoms with Crippen molar-refractivity contribution in [2.45, 2.75) is 19.4 Å². The largest absolute Gasteiger partial charge is 0.387 e. The highest BCUT2D eigenvalue weighted by atomic mass is 16.5. The SMILES string of the molecule is C#CCNC(=NCC(C)(O)CN1CCOCC1)NCC. The van der Waals surface area contributed by atoms with Gasteiger partial charge in [-0.2, -0.15) is 0 Å². The molecule has 0 spiro atoms. The van der Waals surface area contributed by atoms with Gasteiger partial charge in [-0.05, 0) is 13.8 Å². The number of nitrogens with zero attached hydrogens (tertiary/aromatic N) is 2. The Morgan fingerprint density at radius 1 is 1.45 bits per heavy atom. The van der Waals surface area contributed by atoms with E-state index in [9.17, 15) is 5.11 Å². The molecule has 1 unspecified atom stereocenters. The number of hydrogen-bond donors (Lipinski definition) is 3. The Bertz CT molecular complexity index is 344. The third kappa shape index (κ3) is 6.75. The molecule has 0 amide bonds. The van der Waals surface area contributed by atoms with Gasteiger partial charge in [-0.3, -0.25) is 9.89 Å². The van der Waals surface area contributed by atoms with Gasteiger partial charge >= 0.3 is 0 Å². The van der Waals surface area contributed by atoms with Crippen molar-refractivity contribution in [3.05, 3.63) is 0 Å². The van der Waals surface area contributed by atoms with Crippen LogP contribution in [0.2, 0.25) is 0 Å². The second-order valence-corrected chi connectivity index (χ2v) is 5.14. The molecule has 6 heteroatoms. The lowest BCUT2D eigenvalue weighted by Crippen LogP contribution is -2.48. The number of aliphatic imine (C=N–C) groups is 1. The minimum absolute atomic E-state index is 0.324. The zero-order chi connectivity index (χ0) is 14.8. The van der Waals surface area contributed by atoms with E-state index in [1.54, 1.807) is 6.92 Å². The van der Waals surface area contributed by atoms with Crippen LogP contribution in [0.3, 0.4) is 0 Å². The molecule has 1 atom stereocenters. The minimum atomic E-state index is -0.865. The maximum Gasteiger partial charge on any atom is 0.192 e. The van der Waals surface area contributed by atoms with Gasteiger partial charge in [-0.1, -0.05) is 5.92 Å². The van der Waals surface area contributed by atoms with E-state index >= 15 is 0 Å². The van der Waals surface area contributed by atoms with Crippen molar-refractivity contribution in [2.75, 3.05) is 52.5 Å². The van der Waals surface area contributed by atoms with Gasteiger partial charge < -0.3 is 20.5 Å². The van der Waals surface area contributed by atoms with Gasteiger partial charge in [0, 0.05) is 26.2 Å². The van der Waals surface area contributed by atoms with Gasteiger partial charge in [0.1, 0.15) is 0 Å². The topological polar surface area (TPSA) is 69.1 Å². The maximum atomic E-state index is 10.4. The van der Waals surface area contributed by atoms with E-state index in [0.29, 0.717) is 25.6 Å². The van der Waals surface area contributed by atoms with Gasteiger partial charge in [0.05, 0.1) is 31.9 Å². The summed E-state index contributed by atoms with van der Waals surface area (Å²) in [5.41, 5.74) is -0.865. The van der Waals surface area contributed by atoms with E-state index in [0.717, 1.165) is 32.8 Å². The Morgan fingerprint density at radius 3 is 2.75 bits per heavy atom. The summed E-state index contributed by atoms with van der Waals surface area (Å²) in [6.07, 6.45) is 5.22. The first kappa shape index (κ1) is 16.8. The molecule has 3 N–H and O–H groups in total. The third-order valence-corrected chi connectivity index (χ3v) is 2.95. The van der Waals surface area contributed by atoms with Crippen LogP contribution in [0.25, 0.3) is 0 Å². The maximum absolute atomic E-state index is 10.4. The second-order valence-electron chi connectivity index (χ2n) is 5.14. The van der Waals surface area contributed by atoms with Crippen molar-refractivity contribution in [2.24, 2.45) is 4.99 Å². The summed E-state index contributed by atoms with van der Waals surface area (Å²) in [7, 11) is 0. The van der Waals surface area contributed by atoms with Crippen LogP contribution in [-0.2, 0) is 4.74 Å². The van der Waals surface area contributed by atoms with Crippen molar-refractivity contribution in [1.29, 1.82) is 0 Å². The number of terminal acetylenes is 1. The van der Waals surface area contributed by atoms with Crippen molar-refractivity contribution >= 4 is 5.96 Å². The smallest absolute Gasteiger partial charge is 0.192 e. The average molecular weight is 282 g/mol. The molecule has 1 rings (SSSR count). The first-order valence-corrected chi connectivity index (χ1v) is 7.05. The minimum Gasteiger partial charge on any atom is -0.387 e. The van der Waals surface area contributed by atoms with Crippen molar-refractivity contribution in [1.82, 2.24) is 15.5 Å². The molecule has 0 aliphatic carbocycles. The number of β-amino-alcohol motifs (C(OH)–C–C–N with tert-alkyl or cyclic N) is 1. The molecular formula is C14H26N4O2. The standard InChI is InChI=1S/C14H26N4O2/c1-4-6-16-13(15-5-2)17-11-14(3,19)12-18-7-9-20-10-8-18/h1,19H,5-12H2,2-3H3,(H2,15,16,17). The van der Waals surface area contributed by atoms with E-state index in [1.165, 1.54) is 0 Å². The summed E-state index contributed by atoms with van der Waals surface area (Å²) in [5.74, 6) is 3.13. The molecule has 0 aromatic rings. The van der Waals surface area contributed by atoms with E-state index in [2.05, 4.69) is 26.4 Å². The zero-order valence-electron chi connectivity index (χ0n) is 12.5. The highest BCUT2D eigenvalue weighted by Gasteiger charge is 2.25. The monoisotopic (exact) mass is 282 g/mol. The Labute approximate surface area is 121 Å². The van der Waals surface area contributed by atoms with E-state index < -0.39 is 5.60 Å². The van der Waals surface area contributed by atoms with Crippen LogP contribution in [0.5, 0.6) is 0 Å². The Hall–Kier alpha value is -1.29. The molecule has 6 nitrogen and oxygen atoms in total. The lowest BCUT2D eigenvalue weighted by Gasteiger charge is -2.33. The normalized spacial score (nSPS) is 20.0. The number of ether oxygens (including phenoxy) is 1. The van der Waals surface area contributed by atoms with Crippen LogP contribution >= 0.6 is 0 Å². The Morgan fingerprint density at radius 2 is 2.15 bits per heavy atom. The van der Waals surface area contributed by atoms with Crippen LogP contribution < -0.4 is 10.6 Å². The van der Waals surface area contributed by atoms with E-state index in [1.807, 2.05) is 6.92 Å². The lowest BCUT2D eigenvalue weighted by molar-refractivity contribution is -0.0179. The van der Waals surface area contributed by atoms with Crippen LogP contribution in [0.1, 0.15) is 13.8 Å². The number of aliphatic hydroxyl groups is 1.